The number of aryl methyl sites for hydroxylation is 1. The topological polar surface area (TPSA) is 66.0 Å². The molecular formula is C12H16N4OS. The highest BCUT2D eigenvalue weighted by Gasteiger charge is 2.05. The van der Waals surface area contributed by atoms with Gasteiger partial charge >= 0.3 is 0 Å². The van der Waals surface area contributed by atoms with Gasteiger partial charge < -0.3 is 10.5 Å². The number of ether oxygens (including phenoxy) is 1. The Morgan fingerprint density at radius 1 is 1.44 bits per heavy atom. The highest BCUT2D eigenvalue weighted by Crippen LogP contribution is 2.31. The second-order valence-electron chi connectivity index (χ2n) is 3.80. The number of rotatable bonds is 5. The van der Waals surface area contributed by atoms with E-state index in [4.69, 9.17) is 10.5 Å². The summed E-state index contributed by atoms with van der Waals surface area (Å²) in [6.07, 6.45) is 1.90. The summed E-state index contributed by atoms with van der Waals surface area (Å²) in [5.41, 5.74) is 7.63. The van der Waals surface area contributed by atoms with E-state index in [1.165, 1.54) is 0 Å². The van der Waals surface area contributed by atoms with E-state index >= 15 is 0 Å². The SMILES string of the molecule is CCOc1ccc(N)c(SCc2cn(C)nn2)c1. The lowest BCUT2D eigenvalue weighted by atomic mass is 10.3. The van der Waals surface area contributed by atoms with Crippen molar-refractivity contribution in [3.8, 4) is 5.75 Å². The number of benzene rings is 1. The number of nitrogen functional groups attached to an aromatic ring is 1. The quantitative estimate of drug-likeness (QED) is 0.661. The molecule has 0 atom stereocenters. The lowest BCUT2D eigenvalue weighted by Gasteiger charge is -2.08. The second-order valence-corrected chi connectivity index (χ2v) is 4.82. The van der Waals surface area contributed by atoms with E-state index in [1.54, 1.807) is 16.4 Å². The molecule has 0 fully saturated rings. The number of aromatic nitrogens is 3. The zero-order valence-corrected chi connectivity index (χ0v) is 11.3. The first-order chi connectivity index (χ1) is 8.69. The molecule has 0 amide bonds. The van der Waals surface area contributed by atoms with Crippen LogP contribution in [-0.2, 0) is 12.8 Å². The van der Waals surface area contributed by atoms with Crippen molar-refractivity contribution in [3.05, 3.63) is 30.1 Å². The smallest absolute Gasteiger partial charge is 0.120 e. The monoisotopic (exact) mass is 264 g/mol. The summed E-state index contributed by atoms with van der Waals surface area (Å²) >= 11 is 1.63. The van der Waals surface area contributed by atoms with Gasteiger partial charge in [0.1, 0.15) is 5.75 Å². The molecule has 0 radical (unpaired) electrons. The predicted octanol–water partition coefficient (Wildman–Crippen LogP) is 2.09. The average Bonchev–Trinajstić information content (AvgIpc) is 2.76. The van der Waals surface area contributed by atoms with Crippen LogP contribution in [0.4, 0.5) is 5.69 Å². The van der Waals surface area contributed by atoms with Crippen molar-refractivity contribution in [2.75, 3.05) is 12.3 Å². The van der Waals surface area contributed by atoms with Gasteiger partial charge in [-0.3, -0.25) is 4.68 Å². The van der Waals surface area contributed by atoms with Crippen LogP contribution < -0.4 is 10.5 Å². The molecule has 1 aromatic heterocycles. The van der Waals surface area contributed by atoms with E-state index in [0.29, 0.717) is 6.61 Å². The van der Waals surface area contributed by atoms with Crippen LogP contribution in [0.2, 0.25) is 0 Å². The van der Waals surface area contributed by atoms with Crippen LogP contribution in [0.5, 0.6) is 5.75 Å². The molecule has 0 aliphatic carbocycles. The zero-order chi connectivity index (χ0) is 13.0. The molecule has 2 aromatic rings. The third-order valence-corrected chi connectivity index (χ3v) is 3.43. The summed E-state index contributed by atoms with van der Waals surface area (Å²) in [6.45, 7) is 2.61. The Morgan fingerprint density at radius 3 is 2.94 bits per heavy atom. The molecule has 0 spiro atoms. The number of thioether (sulfide) groups is 1. The van der Waals surface area contributed by atoms with Crippen LogP contribution in [0.1, 0.15) is 12.6 Å². The zero-order valence-electron chi connectivity index (χ0n) is 10.5. The van der Waals surface area contributed by atoms with Gasteiger partial charge in [0.05, 0.1) is 12.3 Å². The van der Waals surface area contributed by atoms with Gasteiger partial charge in [0.15, 0.2) is 0 Å². The Labute approximate surface area is 110 Å². The summed E-state index contributed by atoms with van der Waals surface area (Å²) in [5, 5.41) is 7.94. The molecule has 18 heavy (non-hydrogen) atoms. The van der Waals surface area contributed by atoms with Gasteiger partial charge in [0.25, 0.3) is 0 Å². The van der Waals surface area contributed by atoms with Crippen LogP contribution >= 0.6 is 11.8 Å². The van der Waals surface area contributed by atoms with Crippen molar-refractivity contribution in [1.82, 2.24) is 15.0 Å². The highest BCUT2D eigenvalue weighted by atomic mass is 32.2. The van der Waals surface area contributed by atoms with Gasteiger partial charge in [-0.25, -0.2) is 0 Å². The van der Waals surface area contributed by atoms with Crippen molar-refractivity contribution in [3.63, 3.8) is 0 Å². The Bertz CT molecular complexity index is 527. The Hall–Kier alpha value is -1.69. The number of anilines is 1. The van der Waals surface area contributed by atoms with Crippen molar-refractivity contribution >= 4 is 17.4 Å². The Kier molecular flexibility index (Phi) is 4.09. The molecule has 96 valence electrons. The minimum Gasteiger partial charge on any atom is -0.494 e. The van der Waals surface area contributed by atoms with Crippen molar-refractivity contribution in [1.29, 1.82) is 0 Å². The first-order valence-corrected chi connectivity index (χ1v) is 6.68. The molecule has 2 N–H and O–H groups in total. The first kappa shape index (κ1) is 12.8. The average molecular weight is 264 g/mol. The molecule has 0 aliphatic rings. The minimum absolute atomic E-state index is 0.651. The number of hydrogen-bond donors (Lipinski definition) is 1. The first-order valence-electron chi connectivity index (χ1n) is 5.69. The van der Waals surface area contributed by atoms with Crippen LogP contribution in [0.25, 0.3) is 0 Å². The molecule has 0 bridgehead atoms. The molecule has 0 aliphatic heterocycles. The van der Waals surface area contributed by atoms with Crippen LogP contribution in [0.15, 0.2) is 29.3 Å². The van der Waals surface area contributed by atoms with Crippen molar-refractivity contribution in [2.24, 2.45) is 7.05 Å². The second kappa shape index (κ2) is 5.77. The lowest BCUT2D eigenvalue weighted by molar-refractivity contribution is 0.339. The van der Waals surface area contributed by atoms with Crippen molar-refractivity contribution < 1.29 is 4.74 Å². The summed E-state index contributed by atoms with van der Waals surface area (Å²) in [4.78, 5) is 1.01. The summed E-state index contributed by atoms with van der Waals surface area (Å²) < 4.78 is 7.15. The largest absolute Gasteiger partial charge is 0.494 e. The fourth-order valence-corrected chi connectivity index (χ4v) is 2.38. The molecule has 1 aromatic carbocycles. The van der Waals surface area contributed by atoms with E-state index in [2.05, 4.69) is 10.3 Å². The summed E-state index contributed by atoms with van der Waals surface area (Å²) in [5.74, 6) is 1.58. The molecule has 2 rings (SSSR count). The normalized spacial score (nSPS) is 10.6. The molecule has 1 heterocycles. The molecule has 6 heteroatoms. The molecular weight excluding hydrogens is 248 g/mol. The van der Waals surface area contributed by atoms with Crippen LogP contribution in [-0.4, -0.2) is 21.6 Å². The fraction of sp³-hybridized carbons (Fsp3) is 0.333. The maximum absolute atomic E-state index is 5.94. The number of nitrogens with zero attached hydrogens (tertiary/aromatic N) is 3. The summed E-state index contributed by atoms with van der Waals surface area (Å²) in [6, 6.07) is 5.70. The van der Waals surface area contributed by atoms with E-state index < -0.39 is 0 Å². The maximum atomic E-state index is 5.94. The highest BCUT2D eigenvalue weighted by molar-refractivity contribution is 7.98. The molecule has 5 nitrogen and oxygen atoms in total. The van der Waals surface area contributed by atoms with Gasteiger partial charge in [0.2, 0.25) is 0 Å². The van der Waals surface area contributed by atoms with E-state index in [0.717, 1.165) is 27.8 Å². The van der Waals surface area contributed by atoms with E-state index in [1.807, 2.05) is 38.4 Å². The molecule has 0 saturated heterocycles. The number of nitrogens with two attached hydrogens (primary N) is 1. The standard InChI is InChI=1S/C12H16N4OS/c1-3-17-10-4-5-11(13)12(6-10)18-8-9-7-16(2)15-14-9/h4-7H,3,8,13H2,1-2H3. The predicted molar refractivity (Wildman–Crippen MR) is 72.6 cm³/mol. The third-order valence-electron chi connectivity index (χ3n) is 2.32. The third kappa shape index (κ3) is 3.16. The summed E-state index contributed by atoms with van der Waals surface area (Å²) in [7, 11) is 1.85. The van der Waals surface area contributed by atoms with E-state index in [9.17, 15) is 0 Å². The Balaban J connectivity index is 2.05. The maximum Gasteiger partial charge on any atom is 0.120 e. The van der Waals surface area contributed by atoms with E-state index in [-0.39, 0.29) is 0 Å². The van der Waals surface area contributed by atoms with Gasteiger partial charge in [0, 0.05) is 29.6 Å². The van der Waals surface area contributed by atoms with Gasteiger partial charge in [-0.1, -0.05) is 5.21 Å². The van der Waals surface area contributed by atoms with Crippen LogP contribution in [0.3, 0.4) is 0 Å². The molecule has 0 saturated carbocycles. The van der Waals surface area contributed by atoms with Gasteiger partial charge in [-0.15, -0.1) is 16.9 Å². The number of hydrogen-bond acceptors (Lipinski definition) is 5. The molecule has 0 unspecified atom stereocenters. The van der Waals surface area contributed by atoms with Gasteiger partial charge in [-0.05, 0) is 25.1 Å². The van der Waals surface area contributed by atoms with Crippen molar-refractivity contribution in [2.45, 2.75) is 17.6 Å². The van der Waals surface area contributed by atoms with Crippen LogP contribution in [0, 0.1) is 0 Å². The lowest BCUT2D eigenvalue weighted by Crippen LogP contribution is -1.94. The Morgan fingerprint density at radius 2 is 2.28 bits per heavy atom. The van der Waals surface area contributed by atoms with Gasteiger partial charge in [-0.2, -0.15) is 0 Å². The minimum atomic E-state index is 0.651. The fourth-order valence-electron chi connectivity index (χ4n) is 1.51.